The fourth-order valence-corrected chi connectivity index (χ4v) is 4.88. The fourth-order valence-electron chi connectivity index (χ4n) is 3.32. The molecule has 0 bridgehead atoms. The summed E-state index contributed by atoms with van der Waals surface area (Å²) in [6, 6.07) is 11.2. The number of hydrogen-bond donors (Lipinski definition) is 3. The Kier molecular flexibility index (Phi) is 9.42. The number of benzene rings is 2. The van der Waals surface area contributed by atoms with E-state index >= 15 is 0 Å². The van der Waals surface area contributed by atoms with E-state index in [0.29, 0.717) is 0 Å². The average Bonchev–Trinajstić information content (AvgIpc) is 2.88. The molecular weight excluding hydrogens is 554 g/mol. The third-order valence-electron chi connectivity index (χ3n) is 5.25. The summed E-state index contributed by atoms with van der Waals surface area (Å²) in [6.07, 6.45) is 0. The predicted molar refractivity (Wildman–Crippen MR) is 136 cm³/mol. The molecule has 0 aliphatic rings. The lowest BCUT2D eigenvalue weighted by atomic mass is 10.1. The van der Waals surface area contributed by atoms with Crippen molar-refractivity contribution in [1.29, 1.82) is 5.26 Å². The van der Waals surface area contributed by atoms with Crippen LogP contribution in [-0.2, 0) is 21.3 Å². The van der Waals surface area contributed by atoms with Crippen molar-refractivity contribution in [1.82, 2.24) is 4.57 Å². The molecule has 0 spiro atoms. The molecule has 0 atom stereocenters. The molecule has 3 N–H and O–H groups in total. The first-order valence-corrected chi connectivity index (χ1v) is 13.9. The summed E-state index contributed by atoms with van der Waals surface area (Å²) in [7, 11) is -8.95. The zero-order valence-corrected chi connectivity index (χ0v) is 21.9. The van der Waals surface area contributed by atoms with Crippen LogP contribution >= 0.6 is 10.9 Å². The van der Waals surface area contributed by atoms with E-state index in [9.17, 15) is 37.2 Å². The molecule has 2 aromatic carbocycles. The molecule has 1 aromatic heterocycles. The predicted octanol–water partition coefficient (Wildman–Crippen LogP) is 2.51. The number of pyridine rings is 1. The summed E-state index contributed by atoms with van der Waals surface area (Å²) in [5.74, 6) is -0.563. The summed E-state index contributed by atoms with van der Waals surface area (Å²) >= 11 is 0. The van der Waals surface area contributed by atoms with Gasteiger partial charge in [0.15, 0.2) is 5.69 Å². The van der Waals surface area contributed by atoms with Crippen molar-refractivity contribution >= 4 is 38.0 Å². The van der Waals surface area contributed by atoms with Gasteiger partial charge in [0.1, 0.15) is 11.6 Å². The topological polar surface area (TPSA) is 236 Å². The number of aromatic hydroxyl groups is 1. The van der Waals surface area contributed by atoms with Gasteiger partial charge in [-0.2, -0.15) is 10.4 Å². The van der Waals surface area contributed by atoms with Crippen LogP contribution in [0.5, 0.6) is 5.88 Å². The highest BCUT2D eigenvalue weighted by Gasteiger charge is 2.19. The Labute approximate surface area is 224 Å². The molecule has 0 saturated carbocycles. The molecule has 16 heteroatoms. The molecule has 208 valence electrons. The normalized spacial score (nSPS) is 12.4. The number of anilines is 1. The van der Waals surface area contributed by atoms with E-state index in [1.165, 1.54) is 43.3 Å². The SMILES string of the molecule is Cc1c(C#N)c(O)n(CCOCCO)c(=O)c1N=Nc1ccc(S(=O)(=O)Nc2cccc(S([O-])([O-])[O-])c2)cc1. The maximum atomic E-state index is 12.9. The highest BCUT2D eigenvalue weighted by Crippen LogP contribution is 2.43. The second-order valence-corrected chi connectivity index (χ2v) is 10.9. The maximum Gasteiger partial charge on any atom is 0.281 e. The molecule has 0 unspecified atom stereocenters. The number of nitrogens with zero attached hydrogens (tertiary/aromatic N) is 4. The second kappa shape index (κ2) is 12.4. The summed E-state index contributed by atoms with van der Waals surface area (Å²) < 4.78 is 67.2. The molecule has 0 aliphatic carbocycles. The van der Waals surface area contributed by atoms with E-state index in [2.05, 4.69) is 15.0 Å². The van der Waals surface area contributed by atoms with E-state index in [1.54, 1.807) is 0 Å². The van der Waals surface area contributed by atoms with E-state index in [-0.39, 0.29) is 59.4 Å². The van der Waals surface area contributed by atoms with Crippen LogP contribution in [0.2, 0.25) is 0 Å². The molecule has 0 fully saturated rings. The molecule has 0 amide bonds. The molecular formula is C23H22N5O9S2-3. The Morgan fingerprint density at radius 1 is 1.08 bits per heavy atom. The Balaban J connectivity index is 1.85. The van der Waals surface area contributed by atoms with Crippen LogP contribution in [0, 0.1) is 18.3 Å². The molecule has 0 radical (unpaired) electrons. The first kappa shape index (κ1) is 29.7. The Morgan fingerprint density at radius 2 is 1.77 bits per heavy atom. The minimum absolute atomic E-state index is 0.0225. The van der Waals surface area contributed by atoms with Gasteiger partial charge in [-0.1, -0.05) is 12.1 Å². The van der Waals surface area contributed by atoms with Gasteiger partial charge in [-0.15, -0.1) is 5.11 Å². The van der Waals surface area contributed by atoms with E-state index < -0.39 is 37.2 Å². The van der Waals surface area contributed by atoms with Gasteiger partial charge in [-0.25, -0.2) is 8.42 Å². The molecule has 0 saturated heterocycles. The van der Waals surface area contributed by atoms with Crippen molar-refractivity contribution in [3.8, 4) is 11.9 Å². The average molecular weight is 577 g/mol. The van der Waals surface area contributed by atoms with Crippen LogP contribution in [0.1, 0.15) is 11.1 Å². The number of ether oxygens (including phenoxy) is 1. The number of hydrogen-bond acceptors (Lipinski definition) is 12. The third kappa shape index (κ3) is 7.19. The third-order valence-corrected chi connectivity index (χ3v) is 7.48. The Bertz CT molecular complexity index is 1580. The van der Waals surface area contributed by atoms with Gasteiger partial charge in [0, 0.05) is 11.3 Å². The van der Waals surface area contributed by atoms with Crippen LogP contribution in [-0.4, -0.2) is 56.7 Å². The highest BCUT2D eigenvalue weighted by atomic mass is 32.3. The summed E-state index contributed by atoms with van der Waals surface area (Å²) in [5, 5.41) is 36.4. The van der Waals surface area contributed by atoms with Crippen molar-refractivity contribution in [3.05, 3.63) is 70.0 Å². The number of rotatable bonds is 11. The molecule has 1 heterocycles. The minimum atomic E-state index is -4.78. The van der Waals surface area contributed by atoms with Gasteiger partial charge in [-0.3, -0.25) is 14.1 Å². The zero-order chi connectivity index (χ0) is 28.8. The van der Waals surface area contributed by atoms with Crippen molar-refractivity contribution < 1.29 is 37.0 Å². The number of aliphatic hydroxyl groups is 1. The van der Waals surface area contributed by atoms with Crippen molar-refractivity contribution in [2.24, 2.45) is 10.2 Å². The second-order valence-electron chi connectivity index (χ2n) is 7.86. The number of nitrogens with one attached hydrogen (secondary N) is 1. The number of aromatic nitrogens is 1. The summed E-state index contributed by atoms with van der Waals surface area (Å²) in [4.78, 5) is 12.1. The van der Waals surface area contributed by atoms with E-state index in [1.807, 2.05) is 6.07 Å². The van der Waals surface area contributed by atoms with Gasteiger partial charge in [0.05, 0.1) is 36.9 Å². The molecule has 3 aromatic rings. The van der Waals surface area contributed by atoms with Gasteiger partial charge >= 0.3 is 0 Å². The molecule has 3 rings (SSSR count). The van der Waals surface area contributed by atoms with Crippen LogP contribution in [0.25, 0.3) is 0 Å². The number of aliphatic hydroxyl groups excluding tert-OH is 1. The van der Waals surface area contributed by atoms with E-state index in [0.717, 1.165) is 16.7 Å². The number of azo groups is 1. The number of sulfonamides is 1. The van der Waals surface area contributed by atoms with Crippen molar-refractivity contribution in [2.75, 3.05) is 24.5 Å². The Hall–Kier alpha value is -3.82. The van der Waals surface area contributed by atoms with Gasteiger partial charge in [0.2, 0.25) is 5.88 Å². The monoisotopic (exact) mass is 576 g/mol. The smallest absolute Gasteiger partial charge is 0.281 e. The van der Waals surface area contributed by atoms with Gasteiger partial charge in [-0.05, 0) is 48.2 Å². The lowest BCUT2D eigenvalue weighted by molar-refractivity contribution is 0.0854. The summed E-state index contributed by atoms with van der Waals surface area (Å²) in [6.45, 7) is 1.06. The molecule has 14 nitrogen and oxygen atoms in total. The molecule has 0 aliphatic heterocycles. The lowest BCUT2D eigenvalue weighted by Crippen LogP contribution is -2.24. The van der Waals surface area contributed by atoms with Crippen LogP contribution in [0.3, 0.4) is 0 Å². The van der Waals surface area contributed by atoms with Crippen LogP contribution < -0.4 is 10.3 Å². The quantitative estimate of drug-likeness (QED) is 0.223. The molecule has 39 heavy (non-hydrogen) atoms. The van der Waals surface area contributed by atoms with Gasteiger partial charge in [0.25, 0.3) is 15.6 Å². The van der Waals surface area contributed by atoms with Crippen molar-refractivity contribution in [2.45, 2.75) is 23.3 Å². The minimum Gasteiger partial charge on any atom is -0.831 e. The van der Waals surface area contributed by atoms with Crippen LogP contribution in [0.4, 0.5) is 17.1 Å². The van der Waals surface area contributed by atoms with Crippen LogP contribution in [0.15, 0.2) is 73.3 Å². The summed E-state index contributed by atoms with van der Waals surface area (Å²) in [5.41, 5.74) is -1.06. The van der Waals surface area contributed by atoms with Crippen molar-refractivity contribution in [3.63, 3.8) is 0 Å². The lowest BCUT2D eigenvalue weighted by Gasteiger charge is -2.64. The standard InChI is InChI=1S/C23H25N5O9S2/c1-15-20(14-24)22(30)28(9-11-37-12-10-29)23(31)21(15)26-25-16-5-7-18(8-6-16)38(32,33)27-17-3-2-4-19(13-17)39(34,35)36/h2-8,13,27,29-30,34-36H,9-12H2,1H3/p-3. The Morgan fingerprint density at radius 3 is 2.38 bits per heavy atom. The fraction of sp³-hybridized carbons (Fsp3) is 0.217. The maximum absolute atomic E-state index is 12.9. The zero-order valence-electron chi connectivity index (χ0n) is 20.3. The van der Waals surface area contributed by atoms with E-state index in [4.69, 9.17) is 9.84 Å². The largest absolute Gasteiger partial charge is 0.831 e. The number of nitriles is 1. The van der Waals surface area contributed by atoms with Gasteiger partial charge < -0.3 is 39.5 Å². The first-order valence-electron chi connectivity index (χ1n) is 11.0. The first-order chi connectivity index (χ1) is 18.4. The highest BCUT2D eigenvalue weighted by molar-refractivity contribution is 8.19.